The number of ether oxygens (including phenoxy) is 3. The fourth-order valence-electron chi connectivity index (χ4n) is 1.17. The Bertz CT molecular complexity index is 146. The normalized spacial score (nSPS) is 15.0. The van der Waals surface area contributed by atoms with Gasteiger partial charge in [-0.1, -0.05) is 0 Å². The van der Waals surface area contributed by atoms with Crippen LogP contribution in [0, 0.1) is 0 Å². The molecule has 2 N–H and O–H groups in total. The highest BCUT2D eigenvalue weighted by molar-refractivity contribution is 4.59. The molecule has 0 aliphatic rings. The van der Waals surface area contributed by atoms with Crippen LogP contribution in [0.5, 0.6) is 0 Å². The number of rotatable bonds is 11. The lowest BCUT2D eigenvalue weighted by Crippen LogP contribution is -2.33. The Morgan fingerprint density at radius 1 is 1.31 bits per heavy atom. The zero-order valence-corrected chi connectivity index (χ0v) is 10.6. The smallest absolute Gasteiger partial charge is 0.0897 e. The molecule has 0 aliphatic heterocycles. The minimum atomic E-state index is -0.485. The second-order valence-corrected chi connectivity index (χ2v) is 3.65. The third-order valence-corrected chi connectivity index (χ3v) is 1.98. The lowest BCUT2D eigenvalue weighted by Gasteiger charge is -2.16. The molecule has 2 atom stereocenters. The Balaban J connectivity index is 3.27. The Labute approximate surface area is 98.1 Å². The van der Waals surface area contributed by atoms with Crippen LogP contribution in [0.3, 0.4) is 0 Å². The SMILES string of the molecule is CCOCCNCC(O)COC(C)COC. The lowest BCUT2D eigenvalue weighted by molar-refractivity contribution is -0.0313. The summed E-state index contributed by atoms with van der Waals surface area (Å²) in [4.78, 5) is 0. The van der Waals surface area contributed by atoms with Crippen LogP contribution >= 0.6 is 0 Å². The van der Waals surface area contributed by atoms with Gasteiger partial charge < -0.3 is 24.6 Å². The second-order valence-electron chi connectivity index (χ2n) is 3.65. The fraction of sp³-hybridized carbons (Fsp3) is 1.00. The van der Waals surface area contributed by atoms with Gasteiger partial charge in [0, 0.05) is 26.8 Å². The molecule has 0 heterocycles. The first-order valence-electron chi connectivity index (χ1n) is 5.77. The van der Waals surface area contributed by atoms with E-state index in [0.717, 1.165) is 13.2 Å². The van der Waals surface area contributed by atoms with Crippen LogP contribution in [0.25, 0.3) is 0 Å². The molecule has 5 heteroatoms. The number of hydrogen-bond donors (Lipinski definition) is 2. The van der Waals surface area contributed by atoms with E-state index in [9.17, 15) is 5.11 Å². The summed E-state index contributed by atoms with van der Waals surface area (Å²) in [6, 6.07) is 0. The molecule has 0 rings (SSSR count). The topological polar surface area (TPSA) is 60.0 Å². The van der Waals surface area contributed by atoms with E-state index in [0.29, 0.717) is 26.4 Å². The van der Waals surface area contributed by atoms with E-state index in [-0.39, 0.29) is 6.10 Å². The van der Waals surface area contributed by atoms with Crippen LogP contribution in [0.4, 0.5) is 0 Å². The summed E-state index contributed by atoms with van der Waals surface area (Å²) in [7, 11) is 1.63. The highest BCUT2D eigenvalue weighted by atomic mass is 16.5. The van der Waals surface area contributed by atoms with E-state index in [1.807, 2.05) is 13.8 Å². The van der Waals surface area contributed by atoms with Crippen molar-refractivity contribution < 1.29 is 19.3 Å². The third-order valence-electron chi connectivity index (χ3n) is 1.98. The van der Waals surface area contributed by atoms with Crippen molar-refractivity contribution in [3.63, 3.8) is 0 Å². The van der Waals surface area contributed by atoms with Crippen molar-refractivity contribution in [2.24, 2.45) is 0 Å². The molecule has 0 bridgehead atoms. The number of aliphatic hydroxyl groups excluding tert-OH is 1. The van der Waals surface area contributed by atoms with Crippen molar-refractivity contribution in [1.82, 2.24) is 5.32 Å². The maximum atomic E-state index is 9.55. The van der Waals surface area contributed by atoms with E-state index in [1.54, 1.807) is 7.11 Å². The highest BCUT2D eigenvalue weighted by Crippen LogP contribution is 1.93. The number of methoxy groups -OCH3 is 1. The van der Waals surface area contributed by atoms with Crippen LogP contribution in [-0.4, -0.2) is 63.9 Å². The van der Waals surface area contributed by atoms with E-state index >= 15 is 0 Å². The number of aliphatic hydroxyl groups is 1. The van der Waals surface area contributed by atoms with E-state index in [4.69, 9.17) is 14.2 Å². The summed E-state index contributed by atoms with van der Waals surface area (Å²) in [6.45, 7) is 7.41. The van der Waals surface area contributed by atoms with Crippen LogP contribution < -0.4 is 5.32 Å². The molecule has 16 heavy (non-hydrogen) atoms. The molecule has 5 nitrogen and oxygen atoms in total. The van der Waals surface area contributed by atoms with Gasteiger partial charge in [-0.25, -0.2) is 0 Å². The van der Waals surface area contributed by atoms with Gasteiger partial charge >= 0.3 is 0 Å². The van der Waals surface area contributed by atoms with Gasteiger partial charge in [0.05, 0.1) is 32.0 Å². The maximum absolute atomic E-state index is 9.55. The van der Waals surface area contributed by atoms with Crippen molar-refractivity contribution in [3.05, 3.63) is 0 Å². The highest BCUT2D eigenvalue weighted by Gasteiger charge is 2.07. The molecular formula is C11H25NO4. The van der Waals surface area contributed by atoms with E-state index < -0.39 is 6.10 Å². The molecule has 0 aromatic rings. The molecule has 98 valence electrons. The van der Waals surface area contributed by atoms with Crippen molar-refractivity contribution in [2.45, 2.75) is 26.1 Å². The molecule has 0 aromatic heterocycles. The molecular weight excluding hydrogens is 210 g/mol. The van der Waals surface area contributed by atoms with Crippen LogP contribution in [0.2, 0.25) is 0 Å². The van der Waals surface area contributed by atoms with Crippen molar-refractivity contribution >= 4 is 0 Å². The van der Waals surface area contributed by atoms with Crippen molar-refractivity contribution in [1.29, 1.82) is 0 Å². The quantitative estimate of drug-likeness (QED) is 0.495. The summed E-state index contributed by atoms with van der Waals surface area (Å²) in [5.74, 6) is 0. The Morgan fingerprint density at radius 2 is 2.06 bits per heavy atom. The molecule has 0 aliphatic carbocycles. The first-order chi connectivity index (χ1) is 7.70. The molecule has 0 spiro atoms. The average Bonchev–Trinajstić information content (AvgIpc) is 2.26. The Morgan fingerprint density at radius 3 is 2.69 bits per heavy atom. The molecule has 0 saturated heterocycles. The van der Waals surface area contributed by atoms with E-state index in [1.165, 1.54) is 0 Å². The molecule has 2 unspecified atom stereocenters. The zero-order chi connectivity index (χ0) is 12.2. The number of nitrogens with one attached hydrogen (secondary N) is 1. The lowest BCUT2D eigenvalue weighted by atomic mass is 10.3. The molecule has 0 radical (unpaired) electrons. The summed E-state index contributed by atoms with van der Waals surface area (Å²) in [6.07, 6.45) is -0.469. The maximum Gasteiger partial charge on any atom is 0.0897 e. The molecule has 0 aromatic carbocycles. The van der Waals surface area contributed by atoms with Crippen LogP contribution in [-0.2, 0) is 14.2 Å². The average molecular weight is 235 g/mol. The van der Waals surface area contributed by atoms with Gasteiger partial charge in [-0.3, -0.25) is 0 Å². The standard InChI is InChI=1S/C11H25NO4/c1-4-15-6-5-12-7-11(13)9-16-10(2)8-14-3/h10-13H,4-9H2,1-3H3. The monoisotopic (exact) mass is 235 g/mol. The molecule has 0 fully saturated rings. The first-order valence-corrected chi connectivity index (χ1v) is 5.77. The summed E-state index contributed by atoms with van der Waals surface area (Å²) in [5, 5.41) is 12.6. The Hall–Kier alpha value is -0.200. The third kappa shape index (κ3) is 10.3. The van der Waals surface area contributed by atoms with Gasteiger partial charge in [-0.2, -0.15) is 0 Å². The zero-order valence-electron chi connectivity index (χ0n) is 10.6. The summed E-state index contributed by atoms with van der Waals surface area (Å²) >= 11 is 0. The van der Waals surface area contributed by atoms with Crippen LogP contribution in [0.1, 0.15) is 13.8 Å². The minimum Gasteiger partial charge on any atom is -0.389 e. The van der Waals surface area contributed by atoms with Crippen molar-refractivity contribution in [3.8, 4) is 0 Å². The molecule has 0 amide bonds. The van der Waals surface area contributed by atoms with Gasteiger partial charge in [0.2, 0.25) is 0 Å². The van der Waals surface area contributed by atoms with Gasteiger partial charge in [0.15, 0.2) is 0 Å². The minimum absolute atomic E-state index is 0.0167. The van der Waals surface area contributed by atoms with Gasteiger partial charge in [0.1, 0.15) is 0 Å². The van der Waals surface area contributed by atoms with Crippen LogP contribution in [0.15, 0.2) is 0 Å². The molecule has 0 saturated carbocycles. The van der Waals surface area contributed by atoms with E-state index in [2.05, 4.69) is 5.32 Å². The van der Waals surface area contributed by atoms with Gasteiger partial charge in [-0.15, -0.1) is 0 Å². The van der Waals surface area contributed by atoms with Crippen molar-refractivity contribution in [2.75, 3.05) is 46.6 Å². The Kier molecular flexibility index (Phi) is 11.1. The summed E-state index contributed by atoms with van der Waals surface area (Å²) < 4.78 is 15.5. The predicted octanol–water partition coefficient (Wildman–Crippen LogP) is 0.0249. The fourth-order valence-corrected chi connectivity index (χ4v) is 1.17. The number of hydrogen-bond acceptors (Lipinski definition) is 5. The summed E-state index contributed by atoms with van der Waals surface area (Å²) in [5.41, 5.74) is 0. The largest absolute Gasteiger partial charge is 0.389 e. The predicted molar refractivity (Wildman–Crippen MR) is 62.7 cm³/mol. The second kappa shape index (κ2) is 11.3. The van der Waals surface area contributed by atoms with Gasteiger partial charge in [0.25, 0.3) is 0 Å². The van der Waals surface area contributed by atoms with Gasteiger partial charge in [-0.05, 0) is 13.8 Å². The first kappa shape index (κ1) is 15.8.